The van der Waals surface area contributed by atoms with Crippen molar-refractivity contribution < 1.29 is 24.4 Å². The molecule has 1 fully saturated rings. The van der Waals surface area contributed by atoms with Gasteiger partial charge >= 0.3 is 5.69 Å². The van der Waals surface area contributed by atoms with Gasteiger partial charge in [-0.05, 0) is 41.1 Å². The number of halogens is 1. The number of nitrogens with zero attached hydrogens (tertiary/aromatic N) is 2. The highest BCUT2D eigenvalue weighted by atomic mass is 35.5. The van der Waals surface area contributed by atoms with Crippen molar-refractivity contribution in [2.45, 2.75) is 6.54 Å². The summed E-state index contributed by atoms with van der Waals surface area (Å²) in [5.41, 5.74) is 0.292. The Balaban J connectivity index is 1.93. The highest BCUT2D eigenvalue weighted by molar-refractivity contribution is 8.18. The molecule has 0 radical (unpaired) electrons. The summed E-state index contributed by atoms with van der Waals surface area (Å²) in [5, 5.41) is 20.9. The largest absolute Gasteiger partial charge is 0.500 e. The second-order valence-corrected chi connectivity index (χ2v) is 7.11. The summed E-state index contributed by atoms with van der Waals surface area (Å²) in [6.45, 7) is 0.0146. The van der Waals surface area contributed by atoms with E-state index in [4.69, 9.17) is 16.3 Å². The molecule has 1 N–H and O–H groups in total. The molecule has 0 aromatic heterocycles. The number of nitro groups is 1. The summed E-state index contributed by atoms with van der Waals surface area (Å²) in [6, 6.07) is 9.30. The van der Waals surface area contributed by atoms with Crippen LogP contribution in [0.5, 0.6) is 11.5 Å². The topological polar surface area (TPSA) is 110 Å². The molecule has 2 aromatic rings. The lowest BCUT2D eigenvalue weighted by molar-refractivity contribution is -0.386. The monoisotopic (exact) mass is 420 g/mol. The highest BCUT2D eigenvalue weighted by Crippen LogP contribution is 2.39. The molecule has 0 unspecified atom stereocenters. The van der Waals surface area contributed by atoms with Crippen molar-refractivity contribution in [2.75, 3.05) is 7.11 Å². The molecule has 0 saturated carbocycles. The zero-order chi connectivity index (χ0) is 20.4. The SMILES string of the molecule is COc1cc(/C=C2\SC(=O)N(Cc3ccccc3Cl)C2=O)cc([N+](=O)[O-])c1O. The number of benzene rings is 2. The van der Waals surface area contributed by atoms with Gasteiger partial charge in [0.2, 0.25) is 5.75 Å². The molecule has 2 aromatic carbocycles. The number of rotatable bonds is 5. The molecule has 3 rings (SSSR count). The summed E-state index contributed by atoms with van der Waals surface area (Å²) in [6.07, 6.45) is 1.34. The van der Waals surface area contributed by atoms with Crippen molar-refractivity contribution in [3.05, 3.63) is 67.6 Å². The van der Waals surface area contributed by atoms with Crippen LogP contribution < -0.4 is 4.74 Å². The molecule has 0 spiro atoms. The van der Waals surface area contributed by atoms with E-state index in [1.807, 2.05) is 0 Å². The lowest BCUT2D eigenvalue weighted by Gasteiger charge is -2.13. The number of ether oxygens (including phenoxy) is 1. The molecule has 1 heterocycles. The number of thioether (sulfide) groups is 1. The van der Waals surface area contributed by atoms with Crippen molar-refractivity contribution in [1.29, 1.82) is 0 Å². The zero-order valence-corrected chi connectivity index (χ0v) is 16.0. The number of hydrogen-bond donors (Lipinski definition) is 1. The number of imide groups is 1. The van der Waals surface area contributed by atoms with Crippen LogP contribution in [0.15, 0.2) is 41.3 Å². The first kappa shape index (κ1) is 19.7. The maximum Gasteiger partial charge on any atom is 0.315 e. The van der Waals surface area contributed by atoms with E-state index in [0.29, 0.717) is 22.3 Å². The Morgan fingerprint density at radius 3 is 2.68 bits per heavy atom. The fourth-order valence-corrected chi connectivity index (χ4v) is 3.61. The second-order valence-electron chi connectivity index (χ2n) is 5.71. The van der Waals surface area contributed by atoms with Crippen molar-refractivity contribution in [3.63, 3.8) is 0 Å². The highest BCUT2D eigenvalue weighted by Gasteiger charge is 2.35. The molecule has 10 heteroatoms. The number of phenols is 1. The van der Waals surface area contributed by atoms with Gasteiger partial charge in [0.1, 0.15) is 0 Å². The van der Waals surface area contributed by atoms with Gasteiger partial charge in [0.15, 0.2) is 5.75 Å². The minimum atomic E-state index is -0.766. The number of phenolic OH excluding ortho intramolecular Hbond substituents is 1. The first-order valence-corrected chi connectivity index (χ1v) is 9.05. The van der Waals surface area contributed by atoms with Gasteiger partial charge in [-0.1, -0.05) is 29.8 Å². The van der Waals surface area contributed by atoms with Crippen LogP contribution in [0.2, 0.25) is 5.02 Å². The van der Waals surface area contributed by atoms with Crippen LogP contribution in [0.25, 0.3) is 6.08 Å². The zero-order valence-electron chi connectivity index (χ0n) is 14.4. The van der Waals surface area contributed by atoms with Crippen LogP contribution in [0.4, 0.5) is 10.5 Å². The Labute approximate surface area is 168 Å². The lowest BCUT2D eigenvalue weighted by Crippen LogP contribution is -2.27. The van der Waals surface area contributed by atoms with Crippen LogP contribution in [0, 0.1) is 10.1 Å². The lowest BCUT2D eigenvalue weighted by atomic mass is 10.1. The third-order valence-electron chi connectivity index (χ3n) is 3.95. The molecule has 0 aliphatic carbocycles. The number of carbonyl (C=O) groups excluding carboxylic acids is 2. The fourth-order valence-electron chi connectivity index (χ4n) is 2.58. The van der Waals surface area contributed by atoms with Gasteiger partial charge < -0.3 is 9.84 Å². The number of hydrogen-bond acceptors (Lipinski definition) is 7. The Morgan fingerprint density at radius 1 is 1.32 bits per heavy atom. The number of carbonyl (C=O) groups is 2. The van der Waals surface area contributed by atoms with Gasteiger partial charge in [0.25, 0.3) is 11.1 Å². The summed E-state index contributed by atoms with van der Waals surface area (Å²) >= 11 is 6.80. The number of amides is 2. The van der Waals surface area contributed by atoms with E-state index in [1.54, 1.807) is 24.3 Å². The van der Waals surface area contributed by atoms with Gasteiger partial charge in [-0.3, -0.25) is 24.6 Å². The first-order chi connectivity index (χ1) is 13.3. The molecule has 2 amide bonds. The molecule has 144 valence electrons. The molecular weight excluding hydrogens is 408 g/mol. The standard InChI is InChI=1S/C18H13ClN2O6S/c1-27-14-7-10(6-13(16(14)22)21(25)26)8-15-17(23)20(18(24)28-15)9-11-4-2-3-5-12(11)19/h2-8,22H,9H2,1H3/b15-8-. The minimum absolute atomic E-state index is 0.0146. The van der Waals surface area contributed by atoms with Crippen LogP contribution in [-0.2, 0) is 11.3 Å². The Hall–Kier alpha value is -3.04. The molecular formula is C18H13ClN2O6S. The van der Waals surface area contributed by atoms with Crippen molar-refractivity contribution >= 4 is 46.3 Å². The van der Waals surface area contributed by atoms with E-state index in [9.17, 15) is 24.8 Å². The number of nitro benzene ring substituents is 1. The fraction of sp³-hybridized carbons (Fsp3) is 0.111. The van der Waals surface area contributed by atoms with E-state index in [0.717, 1.165) is 11.0 Å². The number of aromatic hydroxyl groups is 1. The molecule has 0 atom stereocenters. The molecule has 0 bridgehead atoms. The summed E-state index contributed by atoms with van der Waals surface area (Å²) in [7, 11) is 1.25. The molecule has 8 nitrogen and oxygen atoms in total. The summed E-state index contributed by atoms with van der Waals surface area (Å²) in [5.74, 6) is -1.27. The quantitative estimate of drug-likeness (QED) is 0.438. The minimum Gasteiger partial charge on any atom is -0.500 e. The third-order valence-corrected chi connectivity index (χ3v) is 5.23. The van der Waals surface area contributed by atoms with Gasteiger partial charge in [-0.25, -0.2) is 0 Å². The van der Waals surface area contributed by atoms with Crippen molar-refractivity contribution in [1.82, 2.24) is 4.90 Å². The Bertz CT molecular complexity index is 1020. The Morgan fingerprint density at radius 2 is 2.04 bits per heavy atom. The maximum atomic E-state index is 12.6. The summed E-state index contributed by atoms with van der Waals surface area (Å²) < 4.78 is 4.93. The van der Waals surface area contributed by atoms with Gasteiger partial charge in [0.05, 0.1) is 23.5 Å². The van der Waals surface area contributed by atoms with Crippen molar-refractivity contribution in [2.24, 2.45) is 0 Å². The van der Waals surface area contributed by atoms with Crippen LogP contribution in [0.1, 0.15) is 11.1 Å². The van der Waals surface area contributed by atoms with E-state index >= 15 is 0 Å². The Kier molecular flexibility index (Phi) is 5.57. The van der Waals surface area contributed by atoms with Crippen LogP contribution >= 0.6 is 23.4 Å². The predicted octanol–water partition coefficient (Wildman–Crippen LogP) is 4.20. The summed E-state index contributed by atoms with van der Waals surface area (Å²) in [4.78, 5) is 36.4. The average Bonchev–Trinajstić information content (AvgIpc) is 2.91. The molecule has 28 heavy (non-hydrogen) atoms. The second kappa shape index (κ2) is 7.91. The van der Waals surface area contributed by atoms with Crippen molar-refractivity contribution in [3.8, 4) is 11.5 Å². The predicted molar refractivity (Wildman–Crippen MR) is 104 cm³/mol. The number of methoxy groups -OCH3 is 1. The molecule has 1 aliphatic rings. The normalized spacial score (nSPS) is 15.4. The van der Waals surface area contributed by atoms with Gasteiger partial charge in [-0.2, -0.15) is 0 Å². The van der Waals surface area contributed by atoms with Crippen LogP contribution in [0.3, 0.4) is 0 Å². The molecule has 1 aliphatic heterocycles. The van der Waals surface area contributed by atoms with Gasteiger partial charge in [-0.15, -0.1) is 0 Å². The van der Waals surface area contributed by atoms with E-state index in [-0.39, 0.29) is 22.8 Å². The van der Waals surface area contributed by atoms with E-state index < -0.39 is 27.5 Å². The average molecular weight is 421 g/mol. The smallest absolute Gasteiger partial charge is 0.315 e. The van der Waals surface area contributed by atoms with Crippen LogP contribution in [-0.4, -0.2) is 33.2 Å². The van der Waals surface area contributed by atoms with E-state index in [2.05, 4.69) is 0 Å². The molecule has 1 saturated heterocycles. The first-order valence-electron chi connectivity index (χ1n) is 7.86. The van der Waals surface area contributed by atoms with E-state index in [1.165, 1.54) is 19.3 Å². The maximum absolute atomic E-state index is 12.6. The third kappa shape index (κ3) is 3.80. The van der Waals surface area contributed by atoms with Gasteiger partial charge in [0, 0.05) is 11.1 Å².